The summed E-state index contributed by atoms with van der Waals surface area (Å²) in [6.07, 6.45) is -3.22. The molecule has 0 heterocycles. The molecule has 82 valence electrons. The second kappa shape index (κ2) is 4.33. The third-order valence-electron chi connectivity index (χ3n) is 1.93. The molecule has 1 rings (SSSR count). The quantitative estimate of drug-likeness (QED) is 0.729. The minimum atomic E-state index is -3.22. The van der Waals surface area contributed by atoms with Crippen molar-refractivity contribution in [3.63, 3.8) is 0 Å². The average Bonchev–Trinajstić information content (AvgIpc) is 2.20. The van der Waals surface area contributed by atoms with E-state index < -0.39 is 23.6 Å². The second-order valence-electron chi connectivity index (χ2n) is 2.97. The number of ketones is 1. The summed E-state index contributed by atoms with van der Waals surface area (Å²) in [6.45, 7) is 1.38. The van der Waals surface area contributed by atoms with Gasteiger partial charge in [0.1, 0.15) is 11.6 Å². The molecular weight excluding hydrogens is 209 g/mol. The number of Topliss-reactive ketones (excluding diaryl/α,β-unsaturated/α-hetero) is 1. The van der Waals surface area contributed by atoms with Crippen LogP contribution in [0.2, 0.25) is 0 Å². The Bertz CT molecular complexity index is 388. The number of hydrogen-bond donors (Lipinski definition) is 0. The summed E-state index contributed by atoms with van der Waals surface area (Å²) in [7, 11) is 1.31. The molecule has 0 bridgehead atoms. The first kappa shape index (κ1) is 11.6. The van der Waals surface area contributed by atoms with E-state index in [9.17, 15) is 18.0 Å². The molecule has 0 N–H and O–H groups in total. The van der Waals surface area contributed by atoms with E-state index in [2.05, 4.69) is 0 Å². The number of halogens is 3. The Balaban J connectivity index is 3.27. The van der Waals surface area contributed by atoms with Crippen LogP contribution in [-0.2, 0) is 0 Å². The van der Waals surface area contributed by atoms with Gasteiger partial charge in [0.25, 0.3) is 0 Å². The molecule has 0 saturated heterocycles. The van der Waals surface area contributed by atoms with Crippen LogP contribution in [0.3, 0.4) is 0 Å². The van der Waals surface area contributed by atoms with Crippen molar-refractivity contribution in [2.75, 3.05) is 7.11 Å². The largest absolute Gasteiger partial charge is 0.497 e. The second-order valence-corrected chi connectivity index (χ2v) is 2.97. The van der Waals surface area contributed by atoms with Crippen molar-refractivity contribution in [1.82, 2.24) is 0 Å². The van der Waals surface area contributed by atoms with Crippen LogP contribution < -0.4 is 4.74 Å². The molecule has 2 nitrogen and oxygen atoms in total. The van der Waals surface area contributed by atoms with Gasteiger partial charge in [-0.25, -0.2) is 13.2 Å². The molecule has 0 aliphatic carbocycles. The van der Waals surface area contributed by atoms with E-state index >= 15 is 0 Å². The summed E-state index contributed by atoms with van der Waals surface area (Å²) in [5.74, 6) is -2.28. The SMILES string of the molecule is COc1cc(C)c(F)c(C(=O)C(F)F)c1. The molecule has 1 aromatic carbocycles. The van der Waals surface area contributed by atoms with E-state index in [4.69, 9.17) is 4.74 Å². The van der Waals surface area contributed by atoms with Gasteiger partial charge in [-0.15, -0.1) is 0 Å². The smallest absolute Gasteiger partial charge is 0.300 e. The standard InChI is InChI=1S/C10H9F3O2/c1-5-3-6(15-2)4-7(8(5)11)9(14)10(12)13/h3-4,10H,1-2H3. The highest BCUT2D eigenvalue weighted by Gasteiger charge is 2.23. The van der Waals surface area contributed by atoms with Gasteiger partial charge in [-0.1, -0.05) is 0 Å². The number of aryl methyl sites for hydroxylation is 1. The first-order valence-electron chi connectivity index (χ1n) is 4.14. The van der Waals surface area contributed by atoms with Crippen molar-refractivity contribution in [3.05, 3.63) is 29.1 Å². The van der Waals surface area contributed by atoms with Crippen molar-refractivity contribution >= 4 is 5.78 Å². The number of ether oxygens (including phenoxy) is 1. The summed E-state index contributed by atoms with van der Waals surface area (Å²) in [4.78, 5) is 10.9. The van der Waals surface area contributed by atoms with E-state index in [0.29, 0.717) is 0 Å². The van der Waals surface area contributed by atoms with E-state index in [1.807, 2.05) is 0 Å². The highest BCUT2D eigenvalue weighted by atomic mass is 19.3. The summed E-state index contributed by atoms with van der Waals surface area (Å²) < 4.78 is 42.3. The maximum Gasteiger partial charge on any atom is 0.300 e. The molecule has 0 saturated carbocycles. The van der Waals surface area contributed by atoms with Gasteiger partial charge in [0.15, 0.2) is 0 Å². The Kier molecular flexibility index (Phi) is 3.34. The molecule has 5 heteroatoms. The molecule has 0 aliphatic heterocycles. The Morgan fingerprint density at radius 1 is 1.40 bits per heavy atom. The van der Waals surface area contributed by atoms with Gasteiger partial charge in [0.2, 0.25) is 5.78 Å². The number of methoxy groups -OCH3 is 1. The predicted molar refractivity (Wildman–Crippen MR) is 48.0 cm³/mol. The molecule has 0 spiro atoms. The molecule has 15 heavy (non-hydrogen) atoms. The normalized spacial score (nSPS) is 10.5. The van der Waals surface area contributed by atoms with Crippen molar-refractivity contribution in [3.8, 4) is 5.75 Å². The van der Waals surface area contributed by atoms with Gasteiger partial charge in [0, 0.05) is 0 Å². The predicted octanol–water partition coefficient (Wildman–Crippen LogP) is 2.59. The first-order valence-corrected chi connectivity index (χ1v) is 4.14. The van der Waals surface area contributed by atoms with Gasteiger partial charge >= 0.3 is 6.43 Å². The lowest BCUT2D eigenvalue weighted by Crippen LogP contribution is -2.13. The topological polar surface area (TPSA) is 26.3 Å². The minimum absolute atomic E-state index is 0.0957. The number of carbonyl (C=O) groups excluding carboxylic acids is 1. The fourth-order valence-electron chi connectivity index (χ4n) is 1.15. The van der Waals surface area contributed by atoms with Crippen LogP contribution in [0, 0.1) is 12.7 Å². The number of benzene rings is 1. The van der Waals surface area contributed by atoms with Crippen molar-refractivity contribution in [1.29, 1.82) is 0 Å². The monoisotopic (exact) mass is 218 g/mol. The number of hydrogen-bond acceptors (Lipinski definition) is 2. The zero-order chi connectivity index (χ0) is 11.6. The molecule has 0 fully saturated rings. The Labute approximate surface area is 84.7 Å². The van der Waals surface area contributed by atoms with E-state index in [-0.39, 0.29) is 11.3 Å². The van der Waals surface area contributed by atoms with Crippen LogP contribution in [0.1, 0.15) is 15.9 Å². The van der Waals surface area contributed by atoms with Crippen LogP contribution in [0.25, 0.3) is 0 Å². The average molecular weight is 218 g/mol. The molecule has 0 aliphatic rings. The fourth-order valence-corrected chi connectivity index (χ4v) is 1.15. The Morgan fingerprint density at radius 3 is 2.47 bits per heavy atom. The Hall–Kier alpha value is -1.52. The maximum absolute atomic E-state index is 13.3. The van der Waals surface area contributed by atoms with E-state index in [1.165, 1.54) is 20.1 Å². The summed E-state index contributed by atoms with van der Waals surface area (Å²) in [5, 5.41) is 0. The fraction of sp³-hybridized carbons (Fsp3) is 0.300. The number of rotatable bonds is 3. The lowest BCUT2D eigenvalue weighted by molar-refractivity contribution is 0.0673. The molecule has 0 aromatic heterocycles. The van der Waals surface area contributed by atoms with Crippen LogP contribution in [0.15, 0.2) is 12.1 Å². The van der Waals surface area contributed by atoms with Crippen molar-refractivity contribution < 1.29 is 22.7 Å². The summed E-state index contributed by atoms with van der Waals surface area (Å²) in [6, 6.07) is 2.30. The zero-order valence-corrected chi connectivity index (χ0v) is 8.18. The van der Waals surface area contributed by atoms with Crippen LogP contribution >= 0.6 is 0 Å². The first-order chi connectivity index (χ1) is 6.97. The van der Waals surface area contributed by atoms with Crippen LogP contribution in [0.4, 0.5) is 13.2 Å². The van der Waals surface area contributed by atoms with E-state index in [1.54, 1.807) is 0 Å². The third-order valence-corrected chi connectivity index (χ3v) is 1.93. The van der Waals surface area contributed by atoms with Crippen LogP contribution in [0.5, 0.6) is 5.75 Å². The van der Waals surface area contributed by atoms with Gasteiger partial charge in [-0.05, 0) is 24.6 Å². The van der Waals surface area contributed by atoms with Gasteiger partial charge in [0.05, 0.1) is 12.7 Å². The van der Waals surface area contributed by atoms with Crippen LogP contribution in [-0.4, -0.2) is 19.3 Å². The van der Waals surface area contributed by atoms with Crippen molar-refractivity contribution in [2.24, 2.45) is 0 Å². The highest BCUT2D eigenvalue weighted by Crippen LogP contribution is 2.22. The minimum Gasteiger partial charge on any atom is -0.497 e. The van der Waals surface area contributed by atoms with Gasteiger partial charge in [-0.2, -0.15) is 0 Å². The lowest BCUT2D eigenvalue weighted by atomic mass is 10.1. The maximum atomic E-state index is 13.3. The highest BCUT2D eigenvalue weighted by molar-refractivity contribution is 5.99. The third kappa shape index (κ3) is 2.29. The Morgan fingerprint density at radius 2 is 2.00 bits per heavy atom. The molecule has 0 unspecified atom stereocenters. The molecule has 1 aromatic rings. The molecular formula is C10H9F3O2. The number of carbonyl (C=O) groups is 1. The number of alkyl halides is 2. The van der Waals surface area contributed by atoms with E-state index in [0.717, 1.165) is 6.07 Å². The molecule has 0 amide bonds. The van der Waals surface area contributed by atoms with Gasteiger partial charge < -0.3 is 4.74 Å². The van der Waals surface area contributed by atoms with Crippen molar-refractivity contribution in [2.45, 2.75) is 13.3 Å². The van der Waals surface area contributed by atoms with Gasteiger partial charge in [-0.3, -0.25) is 4.79 Å². The molecule has 0 atom stereocenters. The lowest BCUT2D eigenvalue weighted by Gasteiger charge is -2.07. The zero-order valence-electron chi connectivity index (χ0n) is 8.18. The molecule has 0 radical (unpaired) electrons. The summed E-state index contributed by atoms with van der Waals surface area (Å²) in [5.41, 5.74) is -0.541. The summed E-state index contributed by atoms with van der Waals surface area (Å²) >= 11 is 0.